The minimum atomic E-state index is 0.586. The summed E-state index contributed by atoms with van der Waals surface area (Å²) in [5.74, 6) is 1.33. The maximum absolute atomic E-state index is 7.87. The van der Waals surface area contributed by atoms with Crippen molar-refractivity contribution in [2.45, 2.75) is 45.4 Å². The molecule has 0 heterocycles. The summed E-state index contributed by atoms with van der Waals surface area (Å²) in [5, 5.41) is 7.87. The van der Waals surface area contributed by atoms with E-state index in [0.29, 0.717) is 5.92 Å². The molecule has 1 aliphatic rings. The number of hydrogen-bond donors (Lipinski definition) is 2. The fourth-order valence-corrected chi connectivity index (χ4v) is 2.22. The Balaban J connectivity index is 2.28. The SMILES string of the molecule is CCCC(=N)C1CCC(CN)CC1. The lowest BCUT2D eigenvalue weighted by atomic mass is 9.79. The highest BCUT2D eigenvalue weighted by Crippen LogP contribution is 2.29. The monoisotopic (exact) mass is 182 g/mol. The van der Waals surface area contributed by atoms with Crippen LogP contribution < -0.4 is 5.73 Å². The summed E-state index contributed by atoms with van der Waals surface area (Å²) in [7, 11) is 0. The average Bonchev–Trinajstić information content (AvgIpc) is 2.18. The van der Waals surface area contributed by atoms with Gasteiger partial charge in [-0.2, -0.15) is 0 Å². The normalized spacial score (nSPS) is 28.8. The van der Waals surface area contributed by atoms with Crippen molar-refractivity contribution in [2.75, 3.05) is 6.54 Å². The molecule has 0 radical (unpaired) electrons. The van der Waals surface area contributed by atoms with Crippen LogP contribution >= 0.6 is 0 Å². The molecule has 1 fully saturated rings. The van der Waals surface area contributed by atoms with Crippen LogP contribution in [0.15, 0.2) is 0 Å². The van der Waals surface area contributed by atoms with Crippen LogP contribution in [-0.4, -0.2) is 12.3 Å². The molecule has 0 aromatic carbocycles. The average molecular weight is 182 g/mol. The number of nitrogens with one attached hydrogen (secondary N) is 1. The highest BCUT2D eigenvalue weighted by atomic mass is 14.6. The maximum atomic E-state index is 7.87. The van der Waals surface area contributed by atoms with Gasteiger partial charge >= 0.3 is 0 Å². The third-order valence-corrected chi connectivity index (χ3v) is 3.19. The van der Waals surface area contributed by atoms with E-state index < -0.39 is 0 Å². The smallest absolute Gasteiger partial charge is 0.0120 e. The van der Waals surface area contributed by atoms with Crippen LogP contribution in [-0.2, 0) is 0 Å². The predicted octanol–water partition coefficient (Wildman–Crippen LogP) is 2.57. The van der Waals surface area contributed by atoms with Crippen LogP contribution in [0.4, 0.5) is 0 Å². The Hall–Kier alpha value is -0.370. The quantitative estimate of drug-likeness (QED) is 0.645. The molecule has 1 rings (SSSR count). The zero-order valence-corrected chi connectivity index (χ0v) is 8.68. The third-order valence-electron chi connectivity index (χ3n) is 3.19. The van der Waals surface area contributed by atoms with Gasteiger partial charge in [0.1, 0.15) is 0 Å². The second-order valence-electron chi connectivity index (χ2n) is 4.23. The van der Waals surface area contributed by atoms with Gasteiger partial charge in [-0.25, -0.2) is 0 Å². The Bertz CT molecular complexity index is 157. The van der Waals surface area contributed by atoms with E-state index in [1.807, 2.05) is 0 Å². The summed E-state index contributed by atoms with van der Waals surface area (Å²) in [6, 6.07) is 0. The van der Waals surface area contributed by atoms with Gasteiger partial charge in [0, 0.05) is 5.71 Å². The highest BCUT2D eigenvalue weighted by molar-refractivity contribution is 5.83. The molecule has 0 spiro atoms. The summed E-state index contributed by atoms with van der Waals surface area (Å²) in [6.45, 7) is 2.99. The Morgan fingerprint density at radius 3 is 2.38 bits per heavy atom. The third kappa shape index (κ3) is 3.11. The Morgan fingerprint density at radius 1 is 1.31 bits per heavy atom. The Kier molecular flexibility index (Phi) is 4.43. The summed E-state index contributed by atoms with van der Waals surface area (Å²) >= 11 is 0. The van der Waals surface area contributed by atoms with Gasteiger partial charge in [0.05, 0.1) is 0 Å². The van der Waals surface area contributed by atoms with Crippen molar-refractivity contribution < 1.29 is 0 Å². The molecule has 0 aliphatic heterocycles. The minimum absolute atomic E-state index is 0.586. The first-order valence-electron chi connectivity index (χ1n) is 5.55. The molecule has 0 amide bonds. The molecule has 0 aromatic rings. The number of nitrogens with two attached hydrogens (primary N) is 1. The topological polar surface area (TPSA) is 49.9 Å². The van der Waals surface area contributed by atoms with Crippen molar-refractivity contribution in [3.63, 3.8) is 0 Å². The van der Waals surface area contributed by atoms with Crippen molar-refractivity contribution in [2.24, 2.45) is 17.6 Å². The lowest BCUT2D eigenvalue weighted by Gasteiger charge is -2.27. The Labute approximate surface area is 81.4 Å². The van der Waals surface area contributed by atoms with Gasteiger partial charge in [0.25, 0.3) is 0 Å². The van der Waals surface area contributed by atoms with E-state index in [0.717, 1.165) is 31.0 Å². The van der Waals surface area contributed by atoms with Crippen LogP contribution in [0.3, 0.4) is 0 Å². The Morgan fingerprint density at radius 2 is 1.92 bits per heavy atom. The lowest BCUT2D eigenvalue weighted by molar-refractivity contribution is 0.326. The zero-order chi connectivity index (χ0) is 9.68. The van der Waals surface area contributed by atoms with E-state index in [2.05, 4.69) is 6.92 Å². The van der Waals surface area contributed by atoms with Crippen LogP contribution in [0.25, 0.3) is 0 Å². The van der Waals surface area contributed by atoms with Crippen LogP contribution in [0.2, 0.25) is 0 Å². The maximum Gasteiger partial charge on any atom is 0.0120 e. The van der Waals surface area contributed by atoms with Gasteiger partial charge in [0.15, 0.2) is 0 Å². The minimum Gasteiger partial charge on any atom is -0.330 e. The van der Waals surface area contributed by atoms with Crippen molar-refractivity contribution in [1.82, 2.24) is 0 Å². The molecule has 0 atom stereocenters. The number of hydrogen-bond acceptors (Lipinski definition) is 2. The molecule has 13 heavy (non-hydrogen) atoms. The van der Waals surface area contributed by atoms with E-state index in [-0.39, 0.29) is 0 Å². The molecular formula is C11H22N2. The first-order valence-corrected chi connectivity index (χ1v) is 5.55. The first-order chi connectivity index (χ1) is 6.27. The van der Waals surface area contributed by atoms with Crippen LogP contribution in [0.5, 0.6) is 0 Å². The zero-order valence-electron chi connectivity index (χ0n) is 8.68. The van der Waals surface area contributed by atoms with E-state index >= 15 is 0 Å². The molecule has 1 saturated carbocycles. The largest absolute Gasteiger partial charge is 0.330 e. The van der Waals surface area contributed by atoms with Gasteiger partial charge < -0.3 is 11.1 Å². The van der Waals surface area contributed by atoms with Gasteiger partial charge in [-0.3, -0.25) is 0 Å². The van der Waals surface area contributed by atoms with Crippen molar-refractivity contribution >= 4 is 5.71 Å². The summed E-state index contributed by atoms with van der Waals surface area (Å²) < 4.78 is 0. The molecule has 0 unspecified atom stereocenters. The molecule has 0 saturated heterocycles. The second-order valence-corrected chi connectivity index (χ2v) is 4.23. The van der Waals surface area contributed by atoms with Gasteiger partial charge in [0.2, 0.25) is 0 Å². The molecular weight excluding hydrogens is 160 g/mol. The van der Waals surface area contributed by atoms with Crippen LogP contribution in [0.1, 0.15) is 45.4 Å². The second kappa shape index (κ2) is 5.38. The summed E-state index contributed by atoms with van der Waals surface area (Å²) in [4.78, 5) is 0. The fraction of sp³-hybridized carbons (Fsp3) is 0.909. The van der Waals surface area contributed by atoms with Crippen molar-refractivity contribution in [1.29, 1.82) is 5.41 Å². The lowest BCUT2D eigenvalue weighted by Crippen LogP contribution is -2.25. The van der Waals surface area contributed by atoms with Crippen molar-refractivity contribution in [3.05, 3.63) is 0 Å². The van der Waals surface area contributed by atoms with E-state index in [1.54, 1.807) is 0 Å². The molecule has 2 nitrogen and oxygen atoms in total. The standard InChI is InChI=1S/C11H22N2/c1-2-3-11(13)10-6-4-9(8-12)5-7-10/h9-10,13H,2-8,12H2,1H3. The van der Waals surface area contributed by atoms with Gasteiger partial charge in [-0.05, 0) is 50.5 Å². The number of rotatable bonds is 4. The molecule has 0 aromatic heterocycles. The molecule has 1 aliphatic carbocycles. The summed E-state index contributed by atoms with van der Waals surface area (Å²) in [6.07, 6.45) is 7.02. The fourth-order valence-electron chi connectivity index (χ4n) is 2.22. The first kappa shape index (κ1) is 10.7. The van der Waals surface area contributed by atoms with E-state index in [9.17, 15) is 0 Å². The predicted molar refractivity (Wildman–Crippen MR) is 57.1 cm³/mol. The molecule has 2 heteroatoms. The van der Waals surface area contributed by atoms with E-state index in [1.165, 1.54) is 25.7 Å². The van der Waals surface area contributed by atoms with Gasteiger partial charge in [-0.1, -0.05) is 13.3 Å². The highest BCUT2D eigenvalue weighted by Gasteiger charge is 2.22. The van der Waals surface area contributed by atoms with Gasteiger partial charge in [-0.15, -0.1) is 0 Å². The molecule has 3 N–H and O–H groups in total. The van der Waals surface area contributed by atoms with E-state index in [4.69, 9.17) is 11.1 Å². The summed E-state index contributed by atoms with van der Waals surface area (Å²) in [5.41, 5.74) is 6.61. The molecule has 76 valence electrons. The van der Waals surface area contributed by atoms with Crippen molar-refractivity contribution in [3.8, 4) is 0 Å². The molecule has 0 bridgehead atoms. The van der Waals surface area contributed by atoms with Crippen LogP contribution in [0, 0.1) is 17.2 Å².